The molecule has 6 nitrogen and oxygen atoms in total. The maximum atomic E-state index is 12.7. The molecule has 0 aliphatic rings. The molecule has 0 heterocycles. The van der Waals surface area contributed by atoms with E-state index in [4.69, 9.17) is 30.5 Å². The Hall–Kier alpha value is -2.60. The van der Waals surface area contributed by atoms with E-state index in [0.717, 1.165) is 5.56 Å². The molecule has 0 fully saturated rings. The van der Waals surface area contributed by atoms with Gasteiger partial charge in [-0.05, 0) is 30.7 Å². The monoisotopic (exact) mass is 365 g/mol. The third-order valence-electron chi connectivity index (χ3n) is 3.68. The van der Waals surface area contributed by atoms with Crippen LogP contribution in [0, 0.1) is 6.92 Å². The minimum absolute atomic E-state index is 0.281. The number of anilines is 1. The van der Waals surface area contributed by atoms with Crippen LogP contribution in [0.15, 0.2) is 24.3 Å². The lowest BCUT2D eigenvalue weighted by atomic mass is 10.1. The molecule has 0 bridgehead atoms. The fourth-order valence-corrected chi connectivity index (χ4v) is 2.55. The first-order chi connectivity index (χ1) is 12.0. The summed E-state index contributed by atoms with van der Waals surface area (Å²) in [5, 5.41) is 3.36. The highest BCUT2D eigenvalue weighted by Gasteiger charge is 2.21. The third kappa shape index (κ3) is 3.74. The number of carbonyl (C=O) groups is 1. The highest BCUT2D eigenvalue weighted by Crippen LogP contribution is 2.40. The van der Waals surface area contributed by atoms with E-state index in [0.29, 0.717) is 33.5 Å². The molecule has 1 amide bonds. The molecule has 134 valence electrons. The molecule has 2 aromatic rings. The summed E-state index contributed by atoms with van der Waals surface area (Å²) in [6.45, 7) is 1.84. The van der Waals surface area contributed by atoms with Gasteiger partial charge in [-0.2, -0.15) is 0 Å². The second-order valence-electron chi connectivity index (χ2n) is 5.14. The van der Waals surface area contributed by atoms with Gasteiger partial charge in [0.2, 0.25) is 5.75 Å². The lowest BCUT2D eigenvalue weighted by Gasteiger charge is -2.16. The van der Waals surface area contributed by atoms with Crippen LogP contribution in [-0.2, 0) is 0 Å². The topological polar surface area (TPSA) is 66.0 Å². The van der Waals surface area contributed by atoms with Crippen LogP contribution in [0.4, 0.5) is 5.69 Å². The second kappa shape index (κ2) is 7.98. The summed E-state index contributed by atoms with van der Waals surface area (Å²) in [4.78, 5) is 12.7. The molecule has 0 radical (unpaired) electrons. The zero-order valence-corrected chi connectivity index (χ0v) is 15.5. The normalized spacial score (nSPS) is 10.2. The second-order valence-corrected chi connectivity index (χ2v) is 5.54. The lowest BCUT2D eigenvalue weighted by Crippen LogP contribution is -2.14. The number of benzene rings is 2. The van der Waals surface area contributed by atoms with Gasteiger partial charge in [0.05, 0.1) is 39.7 Å². The Labute approximate surface area is 151 Å². The van der Waals surface area contributed by atoms with Gasteiger partial charge in [-0.3, -0.25) is 4.79 Å². The Morgan fingerprint density at radius 1 is 0.920 bits per heavy atom. The van der Waals surface area contributed by atoms with Crippen molar-refractivity contribution in [1.29, 1.82) is 0 Å². The summed E-state index contributed by atoms with van der Waals surface area (Å²) in [7, 11) is 5.96. The highest BCUT2D eigenvalue weighted by atomic mass is 35.5. The molecule has 0 aromatic heterocycles. The van der Waals surface area contributed by atoms with Crippen molar-refractivity contribution in [3.8, 4) is 23.0 Å². The predicted octanol–water partition coefficient (Wildman–Crippen LogP) is 3.94. The number of rotatable bonds is 6. The van der Waals surface area contributed by atoms with Crippen LogP contribution in [0.3, 0.4) is 0 Å². The summed E-state index contributed by atoms with van der Waals surface area (Å²) in [5.41, 5.74) is 1.62. The van der Waals surface area contributed by atoms with Gasteiger partial charge in [0.25, 0.3) is 5.91 Å². The average molecular weight is 366 g/mol. The van der Waals surface area contributed by atoms with E-state index >= 15 is 0 Å². The van der Waals surface area contributed by atoms with Gasteiger partial charge in [-0.25, -0.2) is 0 Å². The molecular weight excluding hydrogens is 346 g/mol. The van der Waals surface area contributed by atoms with Crippen LogP contribution in [0.25, 0.3) is 0 Å². The fraction of sp³-hybridized carbons (Fsp3) is 0.278. The number of hydrogen-bond acceptors (Lipinski definition) is 5. The average Bonchev–Trinajstić information content (AvgIpc) is 2.62. The van der Waals surface area contributed by atoms with Crippen molar-refractivity contribution >= 4 is 23.2 Å². The number of amides is 1. The molecular formula is C18H20ClNO5. The number of aryl methyl sites for hydroxylation is 1. The van der Waals surface area contributed by atoms with Gasteiger partial charge in [0.15, 0.2) is 11.5 Å². The zero-order chi connectivity index (χ0) is 18.6. The first-order valence-electron chi connectivity index (χ1n) is 7.41. The largest absolute Gasteiger partial charge is 0.495 e. The van der Waals surface area contributed by atoms with Crippen LogP contribution in [-0.4, -0.2) is 34.3 Å². The first kappa shape index (κ1) is 18.7. The van der Waals surface area contributed by atoms with Crippen LogP contribution in [0.5, 0.6) is 23.0 Å². The van der Waals surface area contributed by atoms with Crippen molar-refractivity contribution in [3.05, 3.63) is 40.4 Å². The Bertz CT molecular complexity index is 792. The molecule has 0 aliphatic carbocycles. The summed E-state index contributed by atoms with van der Waals surface area (Å²) >= 11 is 6.10. The molecule has 25 heavy (non-hydrogen) atoms. The summed E-state index contributed by atoms with van der Waals surface area (Å²) in [6, 6.07) is 6.63. The van der Waals surface area contributed by atoms with Crippen molar-refractivity contribution in [1.82, 2.24) is 0 Å². The predicted molar refractivity (Wildman–Crippen MR) is 96.8 cm³/mol. The minimum atomic E-state index is -0.377. The van der Waals surface area contributed by atoms with Crippen molar-refractivity contribution in [2.45, 2.75) is 6.92 Å². The number of nitrogens with one attached hydrogen (secondary N) is 1. The maximum absolute atomic E-state index is 12.7. The summed E-state index contributed by atoms with van der Waals surface area (Å²) < 4.78 is 21.2. The number of hydrogen-bond donors (Lipinski definition) is 1. The Balaban J connectivity index is 2.44. The van der Waals surface area contributed by atoms with Crippen LogP contribution >= 0.6 is 11.6 Å². The van der Waals surface area contributed by atoms with Crippen LogP contribution < -0.4 is 24.3 Å². The number of carbonyl (C=O) groups excluding carboxylic acids is 1. The van der Waals surface area contributed by atoms with Gasteiger partial charge >= 0.3 is 0 Å². The van der Waals surface area contributed by atoms with E-state index in [1.807, 2.05) is 6.92 Å². The van der Waals surface area contributed by atoms with Crippen molar-refractivity contribution in [3.63, 3.8) is 0 Å². The molecule has 2 rings (SSSR count). The Morgan fingerprint density at radius 3 is 2.12 bits per heavy atom. The third-order valence-corrected chi connectivity index (χ3v) is 4.08. The molecule has 2 aromatic carbocycles. The molecule has 1 N–H and O–H groups in total. The van der Waals surface area contributed by atoms with E-state index in [9.17, 15) is 4.79 Å². The van der Waals surface area contributed by atoms with Gasteiger partial charge < -0.3 is 24.3 Å². The van der Waals surface area contributed by atoms with Gasteiger partial charge in [-0.1, -0.05) is 11.6 Å². The molecule has 0 aliphatic heterocycles. The van der Waals surface area contributed by atoms with Gasteiger partial charge in [-0.15, -0.1) is 0 Å². The fourth-order valence-electron chi connectivity index (χ4n) is 2.40. The van der Waals surface area contributed by atoms with E-state index in [1.165, 1.54) is 28.4 Å². The van der Waals surface area contributed by atoms with E-state index < -0.39 is 0 Å². The van der Waals surface area contributed by atoms with E-state index in [-0.39, 0.29) is 11.7 Å². The van der Waals surface area contributed by atoms with Crippen LogP contribution in [0.2, 0.25) is 5.02 Å². The van der Waals surface area contributed by atoms with Gasteiger partial charge in [0.1, 0.15) is 5.75 Å². The molecule has 0 spiro atoms. The summed E-state index contributed by atoms with van der Waals surface area (Å²) in [6.07, 6.45) is 0. The van der Waals surface area contributed by atoms with E-state index in [1.54, 1.807) is 24.3 Å². The Morgan fingerprint density at radius 2 is 1.56 bits per heavy atom. The molecule has 0 saturated carbocycles. The van der Waals surface area contributed by atoms with Gasteiger partial charge in [0, 0.05) is 11.1 Å². The molecule has 0 unspecified atom stereocenters. The van der Waals surface area contributed by atoms with Crippen molar-refractivity contribution < 1.29 is 23.7 Å². The Kier molecular flexibility index (Phi) is 5.98. The first-order valence-corrected chi connectivity index (χ1v) is 7.79. The molecule has 7 heteroatoms. The number of halogens is 1. The smallest absolute Gasteiger partial charge is 0.259 e. The number of ether oxygens (including phenoxy) is 4. The quantitative estimate of drug-likeness (QED) is 0.840. The van der Waals surface area contributed by atoms with Crippen LogP contribution in [0.1, 0.15) is 15.9 Å². The highest BCUT2D eigenvalue weighted by molar-refractivity contribution is 6.31. The SMILES string of the molecule is COc1cc(Cl)c(C)cc1NC(=O)c1ccc(OC)c(OC)c1OC. The standard InChI is InChI=1S/C18H20ClNO5/c1-10-8-13(15(23-3)9-12(10)19)20-18(21)11-6-7-14(22-2)17(25-5)16(11)24-4/h6-9H,1-5H3,(H,20,21). The lowest BCUT2D eigenvalue weighted by molar-refractivity contribution is 0.102. The number of methoxy groups -OCH3 is 4. The van der Waals surface area contributed by atoms with Crippen molar-refractivity contribution in [2.24, 2.45) is 0 Å². The van der Waals surface area contributed by atoms with Crippen molar-refractivity contribution in [2.75, 3.05) is 33.8 Å². The minimum Gasteiger partial charge on any atom is -0.495 e. The van der Waals surface area contributed by atoms with E-state index in [2.05, 4.69) is 5.32 Å². The molecule has 0 saturated heterocycles. The molecule has 0 atom stereocenters. The maximum Gasteiger partial charge on any atom is 0.259 e. The zero-order valence-electron chi connectivity index (χ0n) is 14.7. The summed E-state index contributed by atoms with van der Waals surface area (Å²) in [5.74, 6) is 1.18.